The first-order valence-corrected chi connectivity index (χ1v) is 9.27. The van der Waals surface area contributed by atoms with E-state index in [2.05, 4.69) is 58.7 Å². The lowest BCUT2D eigenvalue weighted by Crippen LogP contribution is -2.33. The fourth-order valence-corrected chi connectivity index (χ4v) is 3.98. The molecule has 0 spiro atoms. The Morgan fingerprint density at radius 3 is 2.57 bits per heavy atom. The number of aromatic nitrogens is 2. The standard InChI is InChI=1S/C17H30BrN3/c1-5-21-16(17(18)13(4)20-21)10-15(11-19-12(2)3)14-8-6-7-9-14/h12,14-15,19H,5-11H2,1-4H3. The number of rotatable bonds is 7. The molecule has 21 heavy (non-hydrogen) atoms. The molecule has 0 radical (unpaired) electrons. The molecule has 1 atom stereocenters. The van der Waals surface area contributed by atoms with E-state index in [9.17, 15) is 0 Å². The third-order valence-corrected chi connectivity index (χ3v) is 5.79. The molecule has 1 aliphatic carbocycles. The van der Waals surface area contributed by atoms with E-state index < -0.39 is 0 Å². The quantitative estimate of drug-likeness (QED) is 0.789. The Bertz CT molecular complexity index is 447. The monoisotopic (exact) mass is 355 g/mol. The maximum atomic E-state index is 4.65. The van der Waals surface area contributed by atoms with Crippen LogP contribution in [-0.2, 0) is 13.0 Å². The summed E-state index contributed by atoms with van der Waals surface area (Å²) in [7, 11) is 0. The van der Waals surface area contributed by atoms with Crippen molar-refractivity contribution in [3.05, 3.63) is 15.9 Å². The van der Waals surface area contributed by atoms with Gasteiger partial charge in [-0.05, 0) is 54.6 Å². The van der Waals surface area contributed by atoms with Gasteiger partial charge in [-0.1, -0.05) is 39.5 Å². The second kappa shape index (κ2) is 7.77. The molecule has 0 bridgehead atoms. The molecule has 1 saturated carbocycles. The van der Waals surface area contributed by atoms with Crippen molar-refractivity contribution in [2.75, 3.05) is 6.54 Å². The predicted octanol–water partition coefficient (Wildman–Crippen LogP) is 4.32. The summed E-state index contributed by atoms with van der Waals surface area (Å²) in [5, 5.41) is 8.31. The molecule has 0 amide bonds. The maximum absolute atomic E-state index is 4.65. The lowest BCUT2D eigenvalue weighted by atomic mass is 9.86. The third-order valence-electron chi connectivity index (χ3n) is 4.76. The molecule has 3 nitrogen and oxygen atoms in total. The fraction of sp³-hybridized carbons (Fsp3) is 0.824. The Balaban J connectivity index is 2.13. The van der Waals surface area contributed by atoms with Crippen molar-refractivity contribution < 1.29 is 0 Å². The van der Waals surface area contributed by atoms with Gasteiger partial charge in [0.15, 0.2) is 0 Å². The van der Waals surface area contributed by atoms with Crippen LogP contribution in [0.2, 0.25) is 0 Å². The summed E-state index contributed by atoms with van der Waals surface area (Å²) in [4.78, 5) is 0. The van der Waals surface area contributed by atoms with Gasteiger partial charge in [0.2, 0.25) is 0 Å². The zero-order valence-electron chi connectivity index (χ0n) is 14.0. The Morgan fingerprint density at radius 1 is 1.33 bits per heavy atom. The van der Waals surface area contributed by atoms with Gasteiger partial charge in [0.1, 0.15) is 0 Å². The van der Waals surface area contributed by atoms with Crippen molar-refractivity contribution >= 4 is 15.9 Å². The molecule has 2 rings (SSSR count). The van der Waals surface area contributed by atoms with E-state index in [1.807, 2.05) is 0 Å². The van der Waals surface area contributed by atoms with Crippen LogP contribution in [0.4, 0.5) is 0 Å². The molecule has 1 aliphatic rings. The highest BCUT2D eigenvalue weighted by atomic mass is 79.9. The smallest absolute Gasteiger partial charge is 0.0738 e. The largest absolute Gasteiger partial charge is 0.314 e. The van der Waals surface area contributed by atoms with E-state index in [1.54, 1.807) is 0 Å². The van der Waals surface area contributed by atoms with Crippen LogP contribution >= 0.6 is 15.9 Å². The molecule has 4 heteroatoms. The van der Waals surface area contributed by atoms with Crippen LogP contribution in [-0.4, -0.2) is 22.4 Å². The molecule has 1 unspecified atom stereocenters. The van der Waals surface area contributed by atoms with Crippen LogP contribution in [0.25, 0.3) is 0 Å². The summed E-state index contributed by atoms with van der Waals surface area (Å²) in [5.41, 5.74) is 2.51. The van der Waals surface area contributed by atoms with Crippen LogP contribution < -0.4 is 5.32 Å². The minimum atomic E-state index is 0.565. The van der Waals surface area contributed by atoms with Crippen LogP contribution in [0.15, 0.2) is 4.47 Å². The average Bonchev–Trinajstić information content (AvgIpc) is 3.06. The zero-order chi connectivity index (χ0) is 15.4. The first kappa shape index (κ1) is 17.0. The van der Waals surface area contributed by atoms with Gasteiger partial charge in [-0.3, -0.25) is 4.68 Å². The minimum Gasteiger partial charge on any atom is -0.314 e. The number of halogens is 1. The van der Waals surface area contributed by atoms with Crippen LogP contribution in [0.1, 0.15) is 57.8 Å². The first-order valence-electron chi connectivity index (χ1n) is 8.48. The van der Waals surface area contributed by atoms with Crippen molar-refractivity contribution in [2.24, 2.45) is 11.8 Å². The SMILES string of the molecule is CCn1nc(C)c(Br)c1CC(CNC(C)C)C1CCCC1. The second-order valence-corrected chi connectivity index (χ2v) is 7.53. The Morgan fingerprint density at radius 2 is 2.00 bits per heavy atom. The van der Waals surface area contributed by atoms with Crippen molar-refractivity contribution in [2.45, 2.75) is 72.4 Å². The number of nitrogens with zero attached hydrogens (tertiary/aromatic N) is 2. The normalized spacial score (nSPS) is 17.8. The number of nitrogens with one attached hydrogen (secondary N) is 1. The van der Waals surface area contributed by atoms with Crippen LogP contribution in [0.5, 0.6) is 0 Å². The van der Waals surface area contributed by atoms with E-state index >= 15 is 0 Å². The molecule has 1 heterocycles. The van der Waals surface area contributed by atoms with Crippen LogP contribution in [0, 0.1) is 18.8 Å². The molecule has 0 aromatic carbocycles. The van der Waals surface area contributed by atoms with Gasteiger partial charge < -0.3 is 5.32 Å². The third kappa shape index (κ3) is 4.32. The number of hydrogen-bond acceptors (Lipinski definition) is 2. The van der Waals surface area contributed by atoms with Crippen molar-refractivity contribution in [3.63, 3.8) is 0 Å². The van der Waals surface area contributed by atoms with Gasteiger partial charge in [-0.15, -0.1) is 0 Å². The van der Waals surface area contributed by atoms with Gasteiger partial charge in [-0.25, -0.2) is 0 Å². The summed E-state index contributed by atoms with van der Waals surface area (Å²) in [6.07, 6.45) is 6.77. The van der Waals surface area contributed by atoms with Crippen molar-refractivity contribution in [1.29, 1.82) is 0 Å². The Labute approximate surface area is 138 Å². The van der Waals surface area contributed by atoms with Crippen LogP contribution in [0.3, 0.4) is 0 Å². The average molecular weight is 356 g/mol. The highest BCUT2D eigenvalue weighted by molar-refractivity contribution is 9.10. The Hall–Kier alpha value is -0.350. The van der Waals surface area contributed by atoms with E-state index in [1.165, 1.54) is 35.8 Å². The molecule has 1 fully saturated rings. The van der Waals surface area contributed by atoms with Gasteiger partial charge in [0.25, 0.3) is 0 Å². The van der Waals surface area contributed by atoms with E-state index in [0.717, 1.165) is 37.0 Å². The molecular formula is C17H30BrN3. The van der Waals surface area contributed by atoms with Gasteiger partial charge in [-0.2, -0.15) is 5.10 Å². The molecule has 1 aromatic rings. The molecule has 0 aliphatic heterocycles. The minimum absolute atomic E-state index is 0.565. The molecule has 120 valence electrons. The zero-order valence-corrected chi connectivity index (χ0v) is 15.5. The number of aryl methyl sites for hydroxylation is 2. The predicted molar refractivity (Wildman–Crippen MR) is 92.6 cm³/mol. The summed E-state index contributed by atoms with van der Waals surface area (Å²) in [6.45, 7) is 10.8. The lowest BCUT2D eigenvalue weighted by Gasteiger charge is -2.25. The number of hydrogen-bond donors (Lipinski definition) is 1. The molecule has 1 N–H and O–H groups in total. The van der Waals surface area contributed by atoms with Crippen molar-refractivity contribution in [1.82, 2.24) is 15.1 Å². The first-order chi connectivity index (χ1) is 10.0. The highest BCUT2D eigenvalue weighted by Gasteiger charge is 2.27. The second-order valence-electron chi connectivity index (χ2n) is 6.73. The van der Waals surface area contributed by atoms with Gasteiger partial charge >= 0.3 is 0 Å². The maximum Gasteiger partial charge on any atom is 0.0738 e. The summed E-state index contributed by atoms with van der Waals surface area (Å²) >= 11 is 3.76. The van der Waals surface area contributed by atoms with E-state index in [-0.39, 0.29) is 0 Å². The lowest BCUT2D eigenvalue weighted by molar-refractivity contribution is 0.306. The highest BCUT2D eigenvalue weighted by Crippen LogP contribution is 2.34. The van der Waals surface area contributed by atoms with Crippen molar-refractivity contribution in [3.8, 4) is 0 Å². The summed E-state index contributed by atoms with van der Waals surface area (Å²) < 4.78 is 3.40. The van der Waals surface area contributed by atoms with E-state index in [0.29, 0.717) is 6.04 Å². The molecular weight excluding hydrogens is 326 g/mol. The summed E-state index contributed by atoms with van der Waals surface area (Å²) in [6, 6.07) is 0.565. The fourth-order valence-electron chi connectivity index (χ4n) is 3.53. The molecule has 0 saturated heterocycles. The van der Waals surface area contributed by atoms with E-state index in [4.69, 9.17) is 0 Å². The van der Waals surface area contributed by atoms with Gasteiger partial charge in [0, 0.05) is 12.6 Å². The van der Waals surface area contributed by atoms with Gasteiger partial charge in [0.05, 0.1) is 15.9 Å². The Kier molecular flexibility index (Phi) is 6.30. The summed E-state index contributed by atoms with van der Waals surface area (Å²) in [5.74, 6) is 1.61. The topological polar surface area (TPSA) is 29.9 Å². The molecule has 1 aromatic heterocycles.